The fraction of sp³-hybridized carbons (Fsp3) is 0.0769. The van der Waals surface area contributed by atoms with Crippen LogP contribution in [0.1, 0.15) is 22.3 Å². The quantitative estimate of drug-likeness (QED) is 0.363. The van der Waals surface area contributed by atoms with Gasteiger partial charge in [0.05, 0.1) is 0 Å². The number of hydrogen-bond acceptors (Lipinski definition) is 2. The third-order valence-electron chi connectivity index (χ3n) is 5.97. The maximum Gasteiger partial charge on any atom is 0.658 e. The minimum atomic E-state index is 0.856. The molecule has 0 heterocycles. The first-order valence-corrected chi connectivity index (χ1v) is 9.94. The molecule has 0 saturated heterocycles. The van der Waals surface area contributed by atoms with Crippen LogP contribution in [0.4, 0.5) is 0 Å². The average molecular weight is 373 g/mol. The van der Waals surface area contributed by atoms with E-state index >= 15 is 0 Å². The first-order chi connectivity index (χ1) is 14.4. The van der Waals surface area contributed by atoms with Crippen LogP contribution in [0.25, 0.3) is 22.3 Å². The van der Waals surface area contributed by atoms with Gasteiger partial charge in [0, 0.05) is 24.0 Å². The minimum absolute atomic E-state index is 0.856. The van der Waals surface area contributed by atoms with E-state index in [2.05, 4.69) is 60.7 Å². The Hall–Kier alpha value is -3.46. The number of fused-ring (bicyclic) bond motifs is 6. The monoisotopic (exact) mass is 373 g/mol. The van der Waals surface area contributed by atoms with E-state index in [1.807, 2.05) is 24.3 Å². The van der Waals surface area contributed by atoms with E-state index in [1.54, 1.807) is 0 Å². The van der Waals surface area contributed by atoms with Crippen molar-refractivity contribution in [2.24, 2.45) is 0 Å². The van der Waals surface area contributed by atoms with Gasteiger partial charge in [-0.2, -0.15) is 0 Å². The van der Waals surface area contributed by atoms with E-state index in [-0.39, 0.29) is 0 Å². The molecule has 0 spiro atoms. The molecule has 137 valence electrons. The van der Waals surface area contributed by atoms with Crippen molar-refractivity contribution >= 4 is 7.69 Å². The molecule has 0 N–H and O–H groups in total. The van der Waals surface area contributed by atoms with Gasteiger partial charge < -0.3 is 9.31 Å². The smallest absolute Gasteiger partial charge is 0.526 e. The highest BCUT2D eigenvalue weighted by molar-refractivity contribution is 6.21. The summed E-state index contributed by atoms with van der Waals surface area (Å²) in [6, 6.07) is 29.5. The molecule has 2 aliphatic rings. The molecule has 0 unspecified atom stereocenters. The van der Waals surface area contributed by atoms with Gasteiger partial charge in [-0.1, -0.05) is 72.8 Å². The topological polar surface area (TPSA) is 18.5 Å². The molecule has 0 atom stereocenters. The van der Waals surface area contributed by atoms with Crippen molar-refractivity contribution in [1.29, 1.82) is 0 Å². The zero-order valence-electron chi connectivity index (χ0n) is 15.9. The van der Waals surface area contributed by atoms with Crippen LogP contribution in [-0.4, -0.2) is 7.69 Å². The second-order valence-corrected chi connectivity index (χ2v) is 7.56. The third-order valence-corrected chi connectivity index (χ3v) is 5.97. The lowest BCUT2D eigenvalue weighted by molar-refractivity contribution is 0.454. The van der Waals surface area contributed by atoms with Gasteiger partial charge in [-0.3, -0.25) is 0 Å². The Labute approximate surface area is 171 Å². The van der Waals surface area contributed by atoms with Crippen LogP contribution >= 0.6 is 0 Å². The zero-order chi connectivity index (χ0) is 19.2. The second kappa shape index (κ2) is 6.56. The van der Waals surface area contributed by atoms with Gasteiger partial charge in [0.1, 0.15) is 11.5 Å². The molecule has 2 aliphatic carbocycles. The Morgan fingerprint density at radius 3 is 1.45 bits per heavy atom. The van der Waals surface area contributed by atoms with Crippen LogP contribution in [0, 0.1) is 0 Å². The molecule has 0 saturated carbocycles. The van der Waals surface area contributed by atoms with E-state index in [0.717, 1.165) is 24.3 Å². The SMILES string of the molecule is [B](Oc1cccc2c1Cc1ccccc1-2)Oc1cccc2c1Cc1ccccc1-2. The van der Waals surface area contributed by atoms with Gasteiger partial charge in [0.2, 0.25) is 0 Å². The van der Waals surface area contributed by atoms with E-state index in [0.29, 0.717) is 0 Å². The van der Waals surface area contributed by atoms with Crippen LogP contribution in [0.3, 0.4) is 0 Å². The minimum Gasteiger partial charge on any atom is -0.526 e. The van der Waals surface area contributed by atoms with E-state index in [9.17, 15) is 0 Å². The molecule has 2 nitrogen and oxygen atoms in total. The molecule has 4 aromatic carbocycles. The maximum absolute atomic E-state index is 5.97. The first-order valence-electron chi connectivity index (χ1n) is 9.94. The molecule has 0 aliphatic heterocycles. The van der Waals surface area contributed by atoms with Crippen molar-refractivity contribution < 1.29 is 9.31 Å². The fourth-order valence-electron chi connectivity index (χ4n) is 4.60. The first kappa shape index (κ1) is 16.5. The highest BCUT2D eigenvalue weighted by atomic mass is 16.6. The number of rotatable bonds is 4. The van der Waals surface area contributed by atoms with Crippen molar-refractivity contribution in [1.82, 2.24) is 0 Å². The lowest BCUT2D eigenvalue weighted by Gasteiger charge is -2.13. The van der Waals surface area contributed by atoms with Crippen LogP contribution < -0.4 is 9.31 Å². The molecular weight excluding hydrogens is 355 g/mol. The molecule has 3 heteroatoms. The number of hydrogen-bond donors (Lipinski definition) is 0. The van der Waals surface area contributed by atoms with E-state index < -0.39 is 0 Å². The van der Waals surface area contributed by atoms with E-state index in [4.69, 9.17) is 9.31 Å². The molecule has 29 heavy (non-hydrogen) atoms. The highest BCUT2D eigenvalue weighted by Crippen LogP contribution is 2.42. The van der Waals surface area contributed by atoms with Gasteiger partial charge >= 0.3 is 7.69 Å². The van der Waals surface area contributed by atoms with E-state index in [1.165, 1.54) is 52.2 Å². The molecule has 1 radical (unpaired) electrons. The largest absolute Gasteiger partial charge is 0.658 e. The summed E-state index contributed by atoms with van der Waals surface area (Å²) in [5.74, 6) is 1.71. The molecule has 4 aromatic rings. The zero-order valence-corrected chi connectivity index (χ0v) is 15.9. The Kier molecular flexibility index (Phi) is 3.73. The molecule has 0 amide bonds. The van der Waals surface area contributed by atoms with Gasteiger partial charge in [-0.05, 0) is 45.5 Å². The Morgan fingerprint density at radius 2 is 0.931 bits per heavy atom. The lowest BCUT2D eigenvalue weighted by Crippen LogP contribution is -2.13. The van der Waals surface area contributed by atoms with Crippen LogP contribution in [-0.2, 0) is 12.8 Å². The van der Waals surface area contributed by atoms with Crippen molar-refractivity contribution in [2.45, 2.75) is 12.8 Å². The van der Waals surface area contributed by atoms with Crippen LogP contribution in [0.2, 0.25) is 0 Å². The molecule has 6 rings (SSSR count). The molecular formula is C26H18BO2. The summed E-state index contributed by atoms with van der Waals surface area (Å²) in [5, 5.41) is 0. The van der Waals surface area contributed by atoms with Gasteiger partial charge in [-0.25, -0.2) is 0 Å². The summed E-state index contributed by atoms with van der Waals surface area (Å²) in [6.07, 6.45) is 1.79. The Morgan fingerprint density at radius 1 is 0.483 bits per heavy atom. The van der Waals surface area contributed by atoms with Gasteiger partial charge in [0.25, 0.3) is 0 Å². The maximum atomic E-state index is 5.97. The third kappa shape index (κ3) is 2.66. The van der Waals surface area contributed by atoms with Crippen molar-refractivity contribution in [3.05, 3.63) is 107 Å². The van der Waals surface area contributed by atoms with Crippen molar-refractivity contribution in [3.8, 4) is 33.8 Å². The van der Waals surface area contributed by atoms with Gasteiger partial charge in [0.15, 0.2) is 0 Å². The predicted octanol–water partition coefficient (Wildman–Crippen LogP) is 5.82. The second-order valence-electron chi connectivity index (χ2n) is 7.56. The van der Waals surface area contributed by atoms with Crippen LogP contribution in [0.15, 0.2) is 84.9 Å². The Bertz CT molecular complexity index is 1150. The lowest BCUT2D eigenvalue weighted by atomic mass is 10.1. The molecule has 0 fully saturated rings. The van der Waals surface area contributed by atoms with Gasteiger partial charge in [-0.15, -0.1) is 0 Å². The summed E-state index contributed by atoms with van der Waals surface area (Å²) in [6.45, 7) is 0. The normalized spacial score (nSPS) is 12.6. The highest BCUT2D eigenvalue weighted by Gasteiger charge is 2.23. The summed E-state index contributed by atoms with van der Waals surface area (Å²) in [7, 11) is 1.47. The summed E-state index contributed by atoms with van der Waals surface area (Å²) >= 11 is 0. The summed E-state index contributed by atoms with van der Waals surface area (Å²) < 4.78 is 11.9. The molecule has 0 aromatic heterocycles. The number of benzene rings is 4. The fourth-order valence-corrected chi connectivity index (χ4v) is 4.60. The standard InChI is InChI=1S/C26H18BO2/c1-3-9-19-17(7-1)15-23-21(19)11-5-13-25(23)28-27-29-26-14-6-12-22-20-10-4-2-8-18(20)16-24(22)26/h1-14H,15-16H2. The van der Waals surface area contributed by atoms with Crippen LogP contribution in [0.5, 0.6) is 11.5 Å². The average Bonchev–Trinajstić information content (AvgIpc) is 3.33. The van der Waals surface area contributed by atoms with Crippen molar-refractivity contribution in [2.75, 3.05) is 0 Å². The summed E-state index contributed by atoms with van der Waals surface area (Å²) in [5.41, 5.74) is 10.2. The molecule has 0 bridgehead atoms. The predicted molar refractivity (Wildman–Crippen MR) is 116 cm³/mol. The van der Waals surface area contributed by atoms with Crippen molar-refractivity contribution in [3.63, 3.8) is 0 Å². The summed E-state index contributed by atoms with van der Waals surface area (Å²) in [4.78, 5) is 0. The Balaban J connectivity index is 1.23.